The third kappa shape index (κ3) is 3.66. The molecule has 0 radical (unpaired) electrons. The summed E-state index contributed by atoms with van der Waals surface area (Å²) < 4.78 is 13.2. The molecular formula is C19H28FN. The fourth-order valence-electron chi connectivity index (χ4n) is 4.56. The second kappa shape index (κ2) is 6.91. The number of hydrogen-bond donors (Lipinski definition) is 1. The minimum atomic E-state index is -0.126. The smallest absolute Gasteiger partial charge is 0.123 e. The first-order valence-electron chi connectivity index (χ1n) is 8.72. The second-order valence-corrected chi connectivity index (χ2v) is 7.12. The van der Waals surface area contributed by atoms with Gasteiger partial charge in [-0.05, 0) is 80.0 Å². The predicted molar refractivity (Wildman–Crippen MR) is 85.9 cm³/mol. The van der Waals surface area contributed by atoms with E-state index in [0.29, 0.717) is 5.92 Å². The lowest BCUT2D eigenvalue weighted by Gasteiger charge is -2.27. The second-order valence-electron chi connectivity index (χ2n) is 7.12. The van der Waals surface area contributed by atoms with Gasteiger partial charge in [-0.25, -0.2) is 4.39 Å². The van der Waals surface area contributed by atoms with E-state index in [4.69, 9.17) is 0 Å². The summed E-state index contributed by atoms with van der Waals surface area (Å²) in [6.45, 7) is 4.32. The van der Waals surface area contributed by atoms with E-state index in [1.165, 1.54) is 44.1 Å². The average Bonchev–Trinajstić information content (AvgIpc) is 3.10. The number of halogens is 1. The first-order chi connectivity index (χ1) is 10.3. The first kappa shape index (κ1) is 15.0. The van der Waals surface area contributed by atoms with Gasteiger partial charge in [0.15, 0.2) is 0 Å². The minimum absolute atomic E-state index is 0.126. The molecular weight excluding hydrogens is 261 g/mol. The van der Waals surface area contributed by atoms with Crippen LogP contribution in [0.5, 0.6) is 0 Å². The molecule has 0 heterocycles. The summed E-state index contributed by atoms with van der Waals surface area (Å²) in [7, 11) is 0. The lowest BCUT2D eigenvalue weighted by molar-refractivity contribution is 0.291. The minimum Gasteiger partial charge on any atom is -0.316 e. The SMILES string of the molecule is CCCNCC(CC1CC2CCC1C2)c1ccc(F)cc1. The number of benzene rings is 1. The topological polar surface area (TPSA) is 12.0 Å². The Bertz CT molecular complexity index is 441. The van der Waals surface area contributed by atoms with Gasteiger partial charge in [0.1, 0.15) is 5.82 Å². The molecule has 1 aromatic rings. The van der Waals surface area contributed by atoms with Crippen molar-refractivity contribution in [2.24, 2.45) is 17.8 Å². The number of hydrogen-bond acceptors (Lipinski definition) is 1. The van der Waals surface area contributed by atoms with Crippen molar-refractivity contribution in [3.63, 3.8) is 0 Å². The van der Waals surface area contributed by atoms with E-state index in [1.807, 2.05) is 12.1 Å². The molecule has 0 saturated heterocycles. The van der Waals surface area contributed by atoms with E-state index in [2.05, 4.69) is 12.2 Å². The molecule has 1 N–H and O–H groups in total. The molecule has 2 saturated carbocycles. The van der Waals surface area contributed by atoms with Gasteiger partial charge in [-0.3, -0.25) is 0 Å². The van der Waals surface area contributed by atoms with Crippen LogP contribution in [-0.4, -0.2) is 13.1 Å². The van der Waals surface area contributed by atoms with Crippen LogP contribution >= 0.6 is 0 Å². The Kier molecular flexibility index (Phi) is 4.95. The molecule has 2 aliphatic rings. The Morgan fingerprint density at radius 3 is 2.62 bits per heavy atom. The van der Waals surface area contributed by atoms with Gasteiger partial charge in [0, 0.05) is 6.54 Å². The van der Waals surface area contributed by atoms with Crippen molar-refractivity contribution in [3.8, 4) is 0 Å². The average molecular weight is 289 g/mol. The predicted octanol–water partition coefficient (Wildman–Crippen LogP) is 4.74. The van der Waals surface area contributed by atoms with E-state index in [1.54, 1.807) is 12.1 Å². The summed E-state index contributed by atoms with van der Waals surface area (Å²) in [5.74, 6) is 3.31. The maximum Gasteiger partial charge on any atom is 0.123 e. The summed E-state index contributed by atoms with van der Waals surface area (Å²) in [5, 5.41) is 3.57. The Balaban J connectivity index is 1.65. The van der Waals surface area contributed by atoms with Crippen LogP contribution < -0.4 is 5.32 Å². The molecule has 0 amide bonds. The van der Waals surface area contributed by atoms with Crippen molar-refractivity contribution in [1.82, 2.24) is 5.32 Å². The highest BCUT2D eigenvalue weighted by molar-refractivity contribution is 5.21. The Hall–Kier alpha value is -0.890. The summed E-state index contributed by atoms with van der Waals surface area (Å²) in [6, 6.07) is 7.20. The van der Waals surface area contributed by atoms with Crippen LogP contribution in [0.3, 0.4) is 0 Å². The monoisotopic (exact) mass is 289 g/mol. The molecule has 1 nitrogen and oxygen atoms in total. The van der Waals surface area contributed by atoms with Crippen molar-refractivity contribution < 1.29 is 4.39 Å². The lowest BCUT2D eigenvalue weighted by Crippen LogP contribution is -2.25. The molecule has 116 valence electrons. The van der Waals surface area contributed by atoms with Crippen LogP contribution in [-0.2, 0) is 0 Å². The quantitative estimate of drug-likeness (QED) is 0.715. The molecule has 2 heteroatoms. The molecule has 0 aliphatic heterocycles. The molecule has 4 atom stereocenters. The summed E-state index contributed by atoms with van der Waals surface area (Å²) in [6.07, 6.45) is 8.29. The van der Waals surface area contributed by atoms with Crippen molar-refractivity contribution in [2.75, 3.05) is 13.1 Å². The molecule has 0 aromatic heterocycles. The van der Waals surface area contributed by atoms with Gasteiger partial charge in [0.2, 0.25) is 0 Å². The van der Waals surface area contributed by atoms with Gasteiger partial charge in [0.05, 0.1) is 0 Å². The lowest BCUT2D eigenvalue weighted by atomic mass is 9.80. The zero-order chi connectivity index (χ0) is 14.7. The highest BCUT2D eigenvalue weighted by atomic mass is 19.1. The summed E-state index contributed by atoms with van der Waals surface area (Å²) in [4.78, 5) is 0. The Morgan fingerprint density at radius 2 is 2.00 bits per heavy atom. The maximum absolute atomic E-state index is 13.2. The summed E-state index contributed by atoms with van der Waals surface area (Å²) >= 11 is 0. The van der Waals surface area contributed by atoms with E-state index < -0.39 is 0 Å². The standard InChI is InChI=1S/C19H28FN/c1-2-9-21-13-18(15-5-7-19(20)8-6-15)12-17-11-14-3-4-16(17)10-14/h5-8,14,16-18,21H,2-4,9-13H2,1H3. The molecule has 1 aromatic carbocycles. The fourth-order valence-corrected chi connectivity index (χ4v) is 4.56. The summed E-state index contributed by atoms with van der Waals surface area (Å²) in [5.41, 5.74) is 1.31. The van der Waals surface area contributed by atoms with Crippen LogP contribution in [0.1, 0.15) is 56.9 Å². The third-order valence-corrected chi connectivity index (χ3v) is 5.63. The van der Waals surface area contributed by atoms with Crippen LogP contribution in [0.25, 0.3) is 0 Å². The number of rotatable bonds is 7. The van der Waals surface area contributed by atoms with E-state index >= 15 is 0 Å². The zero-order valence-corrected chi connectivity index (χ0v) is 13.2. The van der Waals surface area contributed by atoms with Gasteiger partial charge in [-0.1, -0.05) is 25.5 Å². The van der Waals surface area contributed by atoms with Crippen molar-refractivity contribution >= 4 is 0 Å². The van der Waals surface area contributed by atoms with Crippen molar-refractivity contribution in [2.45, 2.75) is 51.4 Å². The van der Waals surface area contributed by atoms with E-state index in [-0.39, 0.29) is 5.82 Å². The highest BCUT2D eigenvalue weighted by Gasteiger charge is 2.40. The molecule has 2 aliphatic carbocycles. The van der Waals surface area contributed by atoms with Gasteiger partial charge < -0.3 is 5.32 Å². The van der Waals surface area contributed by atoms with Crippen LogP contribution in [0.2, 0.25) is 0 Å². The molecule has 3 rings (SSSR count). The molecule has 2 bridgehead atoms. The van der Waals surface area contributed by atoms with E-state index in [9.17, 15) is 4.39 Å². The van der Waals surface area contributed by atoms with Gasteiger partial charge in [-0.15, -0.1) is 0 Å². The first-order valence-corrected chi connectivity index (χ1v) is 8.72. The van der Waals surface area contributed by atoms with Crippen LogP contribution in [0.4, 0.5) is 4.39 Å². The number of fused-ring (bicyclic) bond motifs is 2. The van der Waals surface area contributed by atoms with Gasteiger partial charge in [-0.2, -0.15) is 0 Å². The Labute approximate surface area is 128 Å². The molecule has 21 heavy (non-hydrogen) atoms. The molecule has 0 spiro atoms. The number of nitrogens with one attached hydrogen (secondary N) is 1. The van der Waals surface area contributed by atoms with Gasteiger partial charge in [0.25, 0.3) is 0 Å². The molecule has 4 unspecified atom stereocenters. The highest BCUT2D eigenvalue weighted by Crippen LogP contribution is 2.51. The van der Waals surface area contributed by atoms with Crippen molar-refractivity contribution in [3.05, 3.63) is 35.6 Å². The molecule has 2 fully saturated rings. The normalized spacial score (nSPS) is 29.0. The zero-order valence-electron chi connectivity index (χ0n) is 13.2. The van der Waals surface area contributed by atoms with Crippen molar-refractivity contribution in [1.29, 1.82) is 0 Å². The third-order valence-electron chi connectivity index (χ3n) is 5.63. The largest absolute Gasteiger partial charge is 0.316 e. The van der Waals surface area contributed by atoms with Crippen LogP contribution in [0, 0.1) is 23.6 Å². The maximum atomic E-state index is 13.2. The van der Waals surface area contributed by atoms with Crippen LogP contribution in [0.15, 0.2) is 24.3 Å². The van der Waals surface area contributed by atoms with E-state index in [0.717, 1.165) is 30.8 Å². The Morgan fingerprint density at radius 1 is 1.19 bits per heavy atom. The van der Waals surface area contributed by atoms with Gasteiger partial charge >= 0.3 is 0 Å². The fraction of sp³-hybridized carbons (Fsp3) is 0.684.